The van der Waals surface area contributed by atoms with Crippen LogP contribution >= 0.6 is 11.8 Å². The molecule has 10 heteroatoms. The van der Waals surface area contributed by atoms with Crippen LogP contribution in [0, 0.1) is 0 Å². The minimum atomic E-state index is -3.77. The van der Waals surface area contributed by atoms with Crippen LogP contribution in [0.1, 0.15) is 30.1 Å². The molecule has 2 heterocycles. The van der Waals surface area contributed by atoms with E-state index in [0.29, 0.717) is 35.7 Å². The van der Waals surface area contributed by atoms with Gasteiger partial charge in [0.15, 0.2) is 0 Å². The van der Waals surface area contributed by atoms with Crippen molar-refractivity contribution in [3.8, 4) is 0 Å². The third-order valence-corrected chi connectivity index (χ3v) is 7.26. The van der Waals surface area contributed by atoms with Crippen LogP contribution in [0.3, 0.4) is 0 Å². The second-order valence-corrected chi connectivity index (χ2v) is 10.0. The summed E-state index contributed by atoms with van der Waals surface area (Å²) in [5.74, 6) is -0.0617. The summed E-state index contributed by atoms with van der Waals surface area (Å²) in [7, 11) is -3.77. The number of rotatable bonds is 4. The Hall–Kier alpha value is -2.85. The zero-order chi connectivity index (χ0) is 21.3. The molecule has 4 rings (SSSR count). The van der Waals surface area contributed by atoms with E-state index in [1.54, 1.807) is 30.3 Å². The Labute approximate surface area is 178 Å². The second kappa shape index (κ2) is 8.11. The average Bonchev–Trinajstić information content (AvgIpc) is 3.21. The van der Waals surface area contributed by atoms with Crippen molar-refractivity contribution in [2.45, 2.75) is 34.8 Å². The monoisotopic (exact) mass is 444 g/mol. The van der Waals surface area contributed by atoms with E-state index in [1.807, 2.05) is 6.92 Å². The maximum absolute atomic E-state index is 12.7. The Kier molecular flexibility index (Phi) is 5.52. The highest BCUT2D eigenvalue weighted by Crippen LogP contribution is 2.36. The molecule has 0 saturated carbocycles. The summed E-state index contributed by atoms with van der Waals surface area (Å²) in [5.41, 5.74) is 1.30. The molecule has 30 heavy (non-hydrogen) atoms. The van der Waals surface area contributed by atoms with E-state index in [1.165, 1.54) is 23.9 Å². The van der Waals surface area contributed by atoms with Crippen LogP contribution in [-0.4, -0.2) is 37.9 Å². The zero-order valence-electron chi connectivity index (χ0n) is 16.1. The smallest absolute Gasteiger partial charge is 0.262 e. The molecule has 0 saturated heterocycles. The molecule has 2 amide bonds. The predicted octanol–water partition coefficient (Wildman–Crippen LogP) is 2.84. The van der Waals surface area contributed by atoms with E-state index in [4.69, 9.17) is 0 Å². The molecular formula is C20H20N4O4S2. The normalized spacial score (nSPS) is 18.2. The maximum Gasteiger partial charge on any atom is 0.262 e. The lowest BCUT2D eigenvalue weighted by Gasteiger charge is -2.21. The van der Waals surface area contributed by atoms with Crippen molar-refractivity contribution in [2.75, 3.05) is 17.2 Å². The van der Waals surface area contributed by atoms with Crippen molar-refractivity contribution in [2.24, 2.45) is 4.99 Å². The number of aliphatic imine (C=N–C) groups is 1. The lowest BCUT2D eigenvalue weighted by Crippen LogP contribution is -2.29. The fourth-order valence-electron chi connectivity index (χ4n) is 3.13. The number of amides is 2. The van der Waals surface area contributed by atoms with Gasteiger partial charge >= 0.3 is 0 Å². The number of nitrogens with zero attached hydrogens (tertiary/aromatic N) is 1. The summed E-state index contributed by atoms with van der Waals surface area (Å²) in [5, 5.41) is 5.31. The van der Waals surface area contributed by atoms with Crippen molar-refractivity contribution >= 4 is 50.8 Å². The fraction of sp³-hybridized carbons (Fsp3) is 0.250. The van der Waals surface area contributed by atoms with Crippen LogP contribution in [0.4, 0.5) is 11.4 Å². The molecule has 2 aromatic rings. The van der Waals surface area contributed by atoms with E-state index in [9.17, 15) is 18.0 Å². The van der Waals surface area contributed by atoms with Crippen LogP contribution in [0.25, 0.3) is 0 Å². The molecule has 0 spiro atoms. The van der Waals surface area contributed by atoms with Gasteiger partial charge in [0, 0.05) is 29.1 Å². The Balaban J connectivity index is 1.51. The number of amidine groups is 1. The fourth-order valence-corrected chi connectivity index (χ4v) is 5.20. The van der Waals surface area contributed by atoms with Crippen molar-refractivity contribution in [3.05, 3.63) is 48.0 Å². The van der Waals surface area contributed by atoms with Crippen molar-refractivity contribution < 1.29 is 18.0 Å². The van der Waals surface area contributed by atoms with E-state index < -0.39 is 15.9 Å². The number of fused-ring (bicyclic) bond motifs is 1. The molecule has 0 aliphatic carbocycles. The van der Waals surface area contributed by atoms with Crippen LogP contribution in [0.15, 0.2) is 57.2 Å². The Morgan fingerprint density at radius 3 is 2.83 bits per heavy atom. The van der Waals surface area contributed by atoms with Gasteiger partial charge in [-0.2, -0.15) is 0 Å². The van der Waals surface area contributed by atoms with Gasteiger partial charge < -0.3 is 10.6 Å². The molecule has 156 valence electrons. The van der Waals surface area contributed by atoms with E-state index in [-0.39, 0.29) is 16.1 Å². The number of thioether (sulfide) groups is 1. The van der Waals surface area contributed by atoms with Gasteiger partial charge in [0.05, 0.1) is 15.8 Å². The Morgan fingerprint density at radius 2 is 2.07 bits per heavy atom. The van der Waals surface area contributed by atoms with Crippen LogP contribution in [0.5, 0.6) is 0 Å². The number of carbonyl (C=O) groups is 2. The first-order valence-electron chi connectivity index (χ1n) is 9.41. The first-order chi connectivity index (χ1) is 14.3. The van der Waals surface area contributed by atoms with Gasteiger partial charge in [0.1, 0.15) is 5.84 Å². The third-order valence-electron chi connectivity index (χ3n) is 4.70. The van der Waals surface area contributed by atoms with Crippen LogP contribution in [-0.2, 0) is 14.8 Å². The zero-order valence-corrected chi connectivity index (χ0v) is 17.8. The molecule has 2 aromatic carbocycles. The SMILES string of the molecule is C[C@H]1Sc2ccc(C(=O)Nc3cccc(S(=O)(=O)NC4=NCCC4)c3)cc2NC1=O. The van der Waals surface area contributed by atoms with Crippen LogP contribution < -0.4 is 15.4 Å². The lowest BCUT2D eigenvalue weighted by molar-refractivity contribution is -0.115. The summed E-state index contributed by atoms with van der Waals surface area (Å²) >= 11 is 1.43. The number of benzene rings is 2. The van der Waals surface area contributed by atoms with Gasteiger partial charge in [-0.3, -0.25) is 19.3 Å². The summed E-state index contributed by atoms with van der Waals surface area (Å²) in [6.07, 6.45) is 1.42. The molecule has 2 aliphatic heterocycles. The van der Waals surface area contributed by atoms with Gasteiger partial charge in [-0.1, -0.05) is 6.07 Å². The van der Waals surface area contributed by atoms with Gasteiger partial charge in [-0.25, -0.2) is 8.42 Å². The lowest BCUT2D eigenvalue weighted by atomic mass is 10.1. The molecular weight excluding hydrogens is 424 g/mol. The van der Waals surface area contributed by atoms with E-state index >= 15 is 0 Å². The second-order valence-electron chi connectivity index (χ2n) is 6.98. The topological polar surface area (TPSA) is 117 Å². The highest BCUT2D eigenvalue weighted by atomic mass is 32.2. The predicted molar refractivity (Wildman–Crippen MR) is 117 cm³/mol. The first-order valence-corrected chi connectivity index (χ1v) is 11.8. The van der Waals surface area contributed by atoms with Gasteiger partial charge in [-0.05, 0) is 49.7 Å². The molecule has 0 radical (unpaired) electrons. The Morgan fingerprint density at radius 1 is 1.23 bits per heavy atom. The summed E-state index contributed by atoms with van der Waals surface area (Å²) in [6.45, 7) is 2.44. The minimum Gasteiger partial charge on any atom is -0.324 e. The van der Waals surface area contributed by atoms with E-state index in [0.717, 1.165) is 11.3 Å². The average molecular weight is 445 g/mol. The summed E-state index contributed by atoms with van der Waals surface area (Å²) in [4.78, 5) is 29.6. The molecule has 0 unspecified atom stereocenters. The molecule has 0 aromatic heterocycles. The summed E-state index contributed by atoms with van der Waals surface area (Å²) < 4.78 is 27.6. The molecule has 0 fully saturated rings. The van der Waals surface area contributed by atoms with Crippen molar-refractivity contribution in [1.82, 2.24) is 4.72 Å². The Bertz CT molecular complexity index is 1160. The molecule has 1 atom stereocenters. The van der Waals surface area contributed by atoms with Crippen LogP contribution in [0.2, 0.25) is 0 Å². The summed E-state index contributed by atoms with van der Waals surface area (Å²) in [6, 6.07) is 11.1. The number of hydrogen-bond acceptors (Lipinski definition) is 6. The molecule has 3 N–H and O–H groups in total. The number of hydrogen-bond donors (Lipinski definition) is 3. The van der Waals surface area contributed by atoms with Gasteiger partial charge in [-0.15, -0.1) is 11.8 Å². The minimum absolute atomic E-state index is 0.0398. The maximum atomic E-state index is 12.7. The quantitative estimate of drug-likeness (QED) is 0.670. The first kappa shape index (κ1) is 20.4. The third kappa shape index (κ3) is 4.34. The molecule has 8 nitrogen and oxygen atoms in total. The highest BCUT2D eigenvalue weighted by molar-refractivity contribution is 8.01. The number of carbonyl (C=O) groups excluding carboxylic acids is 2. The number of anilines is 2. The highest BCUT2D eigenvalue weighted by Gasteiger charge is 2.24. The van der Waals surface area contributed by atoms with Gasteiger partial charge in [0.25, 0.3) is 15.9 Å². The van der Waals surface area contributed by atoms with Crippen molar-refractivity contribution in [3.63, 3.8) is 0 Å². The van der Waals surface area contributed by atoms with Crippen molar-refractivity contribution in [1.29, 1.82) is 0 Å². The molecule has 0 bridgehead atoms. The number of nitrogens with one attached hydrogen (secondary N) is 3. The van der Waals surface area contributed by atoms with Gasteiger partial charge in [0.2, 0.25) is 5.91 Å². The number of sulfonamides is 1. The molecule has 2 aliphatic rings. The standard InChI is InChI=1S/C20H20N4O4S2/c1-12-19(25)23-16-10-13(7-8-17(16)29-12)20(26)22-14-4-2-5-15(11-14)30(27,28)24-18-6-3-9-21-18/h2,4-5,7-8,10-12H,3,6,9H2,1H3,(H,21,24)(H,22,26)(H,23,25)/t12-/m1/s1. The van der Waals surface area contributed by atoms with E-state index in [2.05, 4.69) is 20.3 Å². The largest absolute Gasteiger partial charge is 0.324 e.